The van der Waals surface area contributed by atoms with Crippen LogP contribution in [0.5, 0.6) is 0 Å². The second-order valence-electron chi connectivity index (χ2n) is 17.4. The third-order valence-corrected chi connectivity index (χ3v) is 11.0. The molecule has 0 aromatic rings. The monoisotopic (exact) mass is 1180 g/mol. The molecule has 15 heteroatoms. The molecule has 67 heavy (non-hydrogen) atoms. The largest absolute Gasteiger partial charge is 2.00 e. The molecule has 0 aromatic carbocycles. The van der Waals surface area contributed by atoms with E-state index in [9.17, 15) is 33.6 Å². The quantitative estimate of drug-likeness (QED) is 0.0262. The zero-order valence-electron chi connectivity index (χ0n) is 42.7. The Hall–Kier alpha value is -2.34. The molecule has 1 unspecified atom stereocenters. The Morgan fingerprint density at radius 2 is 0.925 bits per heavy atom. The van der Waals surface area contributed by atoms with E-state index in [1.807, 2.05) is 11.2 Å². The molecule has 0 fully saturated rings. The summed E-state index contributed by atoms with van der Waals surface area (Å²) >= 11 is 0. The van der Waals surface area contributed by atoms with Gasteiger partial charge in [-0.2, -0.15) is 12.8 Å². The molecule has 0 radical (unpaired) electrons. The van der Waals surface area contributed by atoms with Crippen LogP contribution in [0.1, 0.15) is 226 Å². The molecule has 0 spiro atoms. The minimum atomic E-state index is -2.29. The molecule has 0 amide bonds. The summed E-state index contributed by atoms with van der Waals surface area (Å²) in [6, 6.07) is 0. The van der Waals surface area contributed by atoms with Gasteiger partial charge in [-0.15, -0.1) is 0 Å². The molecule has 0 aliphatic carbocycles. The fraction of sp³-hybridized carbons (Fsp3) is 0.846. The predicted molar refractivity (Wildman–Crippen MR) is 260 cm³/mol. The van der Waals surface area contributed by atoms with Gasteiger partial charge in [-0.3, -0.25) is 30.3 Å². The first-order valence-electron chi connectivity index (χ1n) is 25.8. The summed E-state index contributed by atoms with van der Waals surface area (Å²) in [5, 5.41) is 0. The topological polar surface area (TPSA) is 195 Å². The van der Waals surface area contributed by atoms with Crippen molar-refractivity contribution in [1.29, 1.82) is 0 Å². The SMILES string of the molecule is CCCCCCC[C-]=O.[CH2-]CCCCOC(=O)CC(CC(=O)OCCCCCOC(=O)CCCCCCC)(OC(=O)CCN(C)CCN)C(=O)OCCCCCCC(=O)CCCCCCC.[U+2]. The van der Waals surface area contributed by atoms with E-state index in [0.717, 1.165) is 77.0 Å². The van der Waals surface area contributed by atoms with Crippen molar-refractivity contribution in [3.63, 3.8) is 0 Å². The minimum absolute atomic E-state index is 0. The molecule has 0 aromatic heterocycles. The molecule has 14 nitrogen and oxygen atoms in total. The molecule has 0 saturated heterocycles. The van der Waals surface area contributed by atoms with Crippen LogP contribution in [0.25, 0.3) is 0 Å². The number of esters is 5. The van der Waals surface area contributed by atoms with Gasteiger partial charge in [-0.25, -0.2) is 4.79 Å². The average molecular weight is 1180 g/mol. The Balaban J connectivity index is -0.00000367. The fourth-order valence-electron chi connectivity index (χ4n) is 6.86. The van der Waals surface area contributed by atoms with Crippen LogP contribution in [0.3, 0.4) is 0 Å². The third kappa shape index (κ3) is 45.8. The van der Waals surface area contributed by atoms with Crippen molar-refractivity contribution in [2.24, 2.45) is 5.73 Å². The van der Waals surface area contributed by atoms with E-state index in [4.69, 9.17) is 29.4 Å². The first-order chi connectivity index (χ1) is 31.9. The van der Waals surface area contributed by atoms with E-state index in [0.29, 0.717) is 83.7 Å². The van der Waals surface area contributed by atoms with Gasteiger partial charge in [0, 0.05) is 38.9 Å². The molecule has 0 heterocycles. The Labute approximate surface area is 430 Å². The summed E-state index contributed by atoms with van der Waals surface area (Å²) in [6.45, 7) is 11.8. The zero-order chi connectivity index (χ0) is 49.4. The van der Waals surface area contributed by atoms with Crippen molar-refractivity contribution in [3.8, 4) is 0 Å². The van der Waals surface area contributed by atoms with Crippen LogP contribution in [-0.2, 0) is 57.2 Å². The molecule has 0 aliphatic rings. The maximum absolute atomic E-state index is 13.8. The second kappa shape index (κ2) is 51.5. The number of nitrogens with zero attached hydrogens (tertiary/aromatic N) is 1. The van der Waals surface area contributed by atoms with Crippen molar-refractivity contribution < 1.29 is 88.4 Å². The van der Waals surface area contributed by atoms with Crippen LogP contribution < -0.4 is 5.73 Å². The van der Waals surface area contributed by atoms with Gasteiger partial charge in [-0.05, 0) is 58.4 Å². The number of likely N-dealkylation sites (N-methyl/N-ethyl adjacent to an activating group) is 1. The van der Waals surface area contributed by atoms with E-state index in [1.165, 1.54) is 38.5 Å². The average Bonchev–Trinajstić information content (AvgIpc) is 3.29. The number of hydrogen-bond acceptors (Lipinski definition) is 14. The number of carbonyl (C=O) groups excluding carboxylic acids is 7. The van der Waals surface area contributed by atoms with Crippen molar-refractivity contribution in [2.45, 2.75) is 232 Å². The van der Waals surface area contributed by atoms with Crippen molar-refractivity contribution in [3.05, 3.63) is 6.92 Å². The molecule has 0 saturated carbocycles. The van der Waals surface area contributed by atoms with Crippen molar-refractivity contribution in [2.75, 3.05) is 53.1 Å². The first kappa shape index (κ1) is 68.9. The smallest absolute Gasteiger partial charge is 0.542 e. The van der Waals surface area contributed by atoms with Gasteiger partial charge in [0.25, 0.3) is 0 Å². The van der Waals surface area contributed by atoms with Crippen LogP contribution in [0.15, 0.2) is 0 Å². The van der Waals surface area contributed by atoms with Gasteiger partial charge in [0.2, 0.25) is 5.60 Å². The van der Waals surface area contributed by atoms with Gasteiger partial charge in [0.1, 0.15) is 5.78 Å². The standard InChI is InChI=1S/C44H79N2O11.C8H15O.U/c1-5-8-11-13-18-25-38(47)26-19-15-16-22-35-56-43(52)44(36-41(50)54-32-21-10-7-3,57-40(49)28-30-46(4)31-29-45)37-42(51)55-34-24-17-23-33-53-39(48)27-20-14-12-9-6-2;1-2-3-4-5-6-7-8-9;/h3,5-37,45H2,1-2,4H3;2-7H2,1H3;/q2*-1;+2. The molecule has 0 rings (SSSR count). The molecule has 0 bridgehead atoms. The van der Waals surface area contributed by atoms with Crippen LogP contribution >= 0.6 is 0 Å². The van der Waals surface area contributed by atoms with E-state index >= 15 is 0 Å². The van der Waals surface area contributed by atoms with Crippen LogP contribution in [-0.4, -0.2) is 106 Å². The summed E-state index contributed by atoms with van der Waals surface area (Å²) in [5.41, 5.74) is 3.34. The maximum atomic E-state index is 13.8. The number of ether oxygens (including phenoxy) is 5. The van der Waals surface area contributed by atoms with Gasteiger partial charge in [-0.1, -0.05) is 124 Å². The molecular formula is C52H94N2O12U. The molecule has 388 valence electrons. The Morgan fingerprint density at radius 3 is 1.40 bits per heavy atom. The van der Waals surface area contributed by atoms with Gasteiger partial charge in [0.15, 0.2) is 0 Å². The van der Waals surface area contributed by atoms with E-state index < -0.39 is 42.3 Å². The second-order valence-corrected chi connectivity index (χ2v) is 17.4. The van der Waals surface area contributed by atoms with Gasteiger partial charge in [0.05, 0.1) is 45.7 Å². The maximum Gasteiger partial charge on any atom is 2.00 e. The van der Waals surface area contributed by atoms with Crippen LogP contribution in [0, 0.1) is 38.0 Å². The predicted octanol–water partition coefficient (Wildman–Crippen LogP) is 10.4. The van der Waals surface area contributed by atoms with Crippen LogP contribution in [0.4, 0.5) is 0 Å². The Morgan fingerprint density at radius 1 is 0.507 bits per heavy atom. The molecular weight excluding hydrogens is 1080 g/mol. The Kier molecular flexibility index (Phi) is 53.0. The van der Waals surface area contributed by atoms with Crippen molar-refractivity contribution in [1.82, 2.24) is 4.90 Å². The fourth-order valence-corrected chi connectivity index (χ4v) is 6.86. The zero-order valence-corrected chi connectivity index (χ0v) is 46.9. The normalized spacial score (nSPS) is 11.6. The summed E-state index contributed by atoms with van der Waals surface area (Å²) in [5.74, 6) is -3.41. The minimum Gasteiger partial charge on any atom is -0.542 e. The Bertz CT molecular complexity index is 1240. The summed E-state index contributed by atoms with van der Waals surface area (Å²) in [4.78, 5) is 89.1. The van der Waals surface area contributed by atoms with E-state index in [-0.39, 0.29) is 82.3 Å². The number of hydrogen-bond donors (Lipinski definition) is 1. The number of unbranched alkanes of at least 4 members (excludes halogenated alkanes) is 20. The summed E-state index contributed by atoms with van der Waals surface area (Å²) < 4.78 is 27.4. The number of rotatable bonds is 46. The number of carbonyl (C=O) groups is 6. The van der Waals surface area contributed by atoms with E-state index in [1.54, 1.807) is 7.05 Å². The number of nitrogens with two attached hydrogens (primary N) is 1. The first-order valence-corrected chi connectivity index (χ1v) is 25.8. The van der Waals surface area contributed by atoms with Gasteiger partial charge >= 0.3 is 61.0 Å². The molecule has 2 N–H and O–H groups in total. The van der Waals surface area contributed by atoms with E-state index in [2.05, 4.69) is 27.7 Å². The van der Waals surface area contributed by atoms with Gasteiger partial charge < -0.3 is 46.0 Å². The number of Topliss-reactive ketones (excluding diaryl/α,β-unsaturated/α-hetero) is 1. The third-order valence-electron chi connectivity index (χ3n) is 11.0. The number of ketones is 1. The van der Waals surface area contributed by atoms with Crippen molar-refractivity contribution >= 4 is 41.9 Å². The molecule has 0 aliphatic heterocycles. The summed E-state index contributed by atoms with van der Waals surface area (Å²) in [6.07, 6.45) is 25.7. The molecule has 1 atom stereocenters. The van der Waals surface area contributed by atoms with Crippen LogP contribution in [0.2, 0.25) is 0 Å². The summed E-state index contributed by atoms with van der Waals surface area (Å²) in [7, 11) is 1.78.